The smallest absolute Gasteiger partial charge is 0.335 e. The van der Waals surface area contributed by atoms with Crippen molar-refractivity contribution in [2.75, 3.05) is 10.6 Å². The number of nitrogens with one attached hydrogen (secondary N) is 2. The van der Waals surface area contributed by atoms with Crippen LogP contribution in [0.4, 0.5) is 11.4 Å². The average Bonchev–Trinajstić information content (AvgIpc) is 2.69. The van der Waals surface area contributed by atoms with E-state index in [-0.39, 0.29) is 11.5 Å². The normalized spacial score (nSPS) is 10.2. The van der Waals surface area contributed by atoms with Crippen molar-refractivity contribution in [3.63, 3.8) is 0 Å². The van der Waals surface area contributed by atoms with Crippen molar-refractivity contribution in [2.24, 2.45) is 0 Å². The average molecular weight is 486 g/mol. The van der Waals surface area contributed by atoms with E-state index in [1.807, 2.05) is 12.1 Å². The first-order chi connectivity index (χ1) is 13.4. The molecule has 0 aromatic heterocycles. The summed E-state index contributed by atoms with van der Waals surface area (Å²) in [5, 5.41) is 14.4. The molecule has 0 saturated heterocycles. The molecule has 0 fully saturated rings. The van der Waals surface area contributed by atoms with E-state index in [0.717, 1.165) is 3.57 Å². The Hall–Kier alpha value is -3.20. The van der Waals surface area contributed by atoms with Crippen LogP contribution in [0.2, 0.25) is 0 Å². The van der Waals surface area contributed by atoms with Crippen LogP contribution in [0.3, 0.4) is 0 Å². The van der Waals surface area contributed by atoms with E-state index in [2.05, 4.69) is 33.2 Å². The molecule has 28 heavy (non-hydrogen) atoms. The molecule has 7 heteroatoms. The Labute approximate surface area is 174 Å². The van der Waals surface area contributed by atoms with Crippen molar-refractivity contribution >= 4 is 51.7 Å². The Morgan fingerprint density at radius 3 is 1.96 bits per heavy atom. The fourth-order valence-corrected chi connectivity index (χ4v) is 2.84. The molecule has 0 bridgehead atoms. The minimum Gasteiger partial charge on any atom is -0.478 e. The van der Waals surface area contributed by atoms with Gasteiger partial charge >= 0.3 is 5.97 Å². The van der Waals surface area contributed by atoms with E-state index in [1.165, 1.54) is 24.3 Å². The van der Waals surface area contributed by atoms with Gasteiger partial charge in [-0.25, -0.2) is 4.79 Å². The summed E-state index contributed by atoms with van der Waals surface area (Å²) in [7, 11) is 0. The molecule has 0 aliphatic carbocycles. The van der Waals surface area contributed by atoms with Crippen LogP contribution in [0, 0.1) is 3.57 Å². The lowest BCUT2D eigenvalue weighted by Gasteiger charge is -2.12. The maximum atomic E-state index is 12.6. The highest BCUT2D eigenvalue weighted by atomic mass is 127. The van der Waals surface area contributed by atoms with Crippen LogP contribution in [-0.4, -0.2) is 22.9 Å². The Bertz CT molecular complexity index is 1030. The van der Waals surface area contributed by atoms with Crippen LogP contribution in [0.25, 0.3) is 0 Å². The van der Waals surface area contributed by atoms with Gasteiger partial charge in [0.05, 0.1) is 16.8 Å². The van der Waals surface area contributed by atoms with E-state index in [9.17, 15) is 14.4 Å². The van der Waals surface area contributed by atoms with Gasteiger partial charge in [0, 0.05) is 14.8 Å². The van der Waals surface area contributed by atoms with E-state index in [1.54, 1.807) is 36.4 Å². The summed E-state index contributed by atoms with van der Waals surface area (Å²) in [6.45, 7) is 0. The van der Waals surface area contributed by atoms with E-state index in [0.29, 0.717) is 22.5 Å². The highest BCUT2D eigenvalue weighted by Crippen LogP contribution is 2.19. The molecule has 3 rings (SSSR count). The van der Waals surface area contributed by atoms with Crippen molar-refractivity contribution in [2.45, 2.75) is 0 Å². The minimum atomic E-state index is -1.04. The molecule has 3 N–H and O–H groups in total. The molecule has 140 valence electrons. The summed E-state index contributed by atoms with van der Waals surface area (Å²) in [6, 6.07) is 19.6. The van der Waals surface area contributed by atoms with Crippen molar-refractivity contribution in [3.05, 3.63) is 93.1 Å². The monoisotopic (exact) mass is 486 g/mol. The lowest BCUT2D eigenvalue weighted by Crippen LogP contribution is -2.18. The third-order valence-corrected chi connectivity index (χ3v) is 4.64. The number of carboxylic acids is 1. The number of amides is 2. The molecule has 0 atom stereocenters. The molecule has 0 saturated carbocycles. The van der Waals surface area contributed by atoms with Crippen LogP contribution in [-0.2, 0) is 0 Å². The van der Waals surface area contributed by atoms with Crippen LogP contribution >= 0.6 is 22.6 Å². The minimum absolute atomic E-state index is 0.128. The second kappa shape index (κ2) is 8.66. The Morgan fingerprint density at radius 1 is 0.714 bits per heavy atom. The molecule has 0 aliphatic heterocycles. The number of anilines is 2. The number of hydrogen-bond acceptors (Lipinski definition) is 3. The number of carbonyl (C=O) groups excluding carboxylic acids is 2. The zero-order valence-corrected chi connectivity index (χ0v) is 16.6. The van der Waals surface area contributed by atoms with Crippen molar-refractivity contribution in [3.8, 4) is 0 Å². The Morgan fingerprint density at radius 2 is 1.32 bits per heavy atom. The molecule has 0 spiro atoms. The fourth-order valence-electron chi connectivity index (χ4n) is 2.48. The molecule has 0 unspecified atom stereocenters. The Balaban J connectivity index is 1.77. The van der Waals surface area contributed by atoms with Gasteiger partial charge in [-0.15, -0.1) is 0 Å². The standard InChI is InChI=1S/C21H15IN2O4/c22-15-9-5-13(6-10-15)19(25)24-18-4-2-1-3-17(18)20(26)23-16-11-7-14(8-12-16)21(27)28/h1-12H,(H,23,26)(H,24,25)(H,27,28). The zero-order valence-electron chi connectivity index (χ0n) is 14.5. The van der Waals surface area contributed by atoms with Crippen LogP contribution in [0.15, 0.2) is 72.8 Å². The SMILES string of the molecule is O=C(O)c1ccc(NC(=O)c2ccccc2NC(=O)c2ccc(I)cc2)cc1. The summed E-state index contributed by atoms with van der Waals surface area (Å²) in [5.41, 5.74) is 1.74. The van der Waals surface area contributed by atoms with Crippen molar-refractivity contribution in [1.82, 2.24) is 0 Å². The van der Waals surface area contributed by atoms with Gasteiger partial charge in [-0.3, -0.25) is 9.59 Å². The Kier molecular flexibility index (Phi) is 6.05. The second-order valence-electron chi connectivity index (χ2n) is 5.84. The van der Waals surface area contributed by atoms with Gasteiger partial charge < -0.3 is 15.7 Å². The topological polar surface area (TPSA) is 95.5 Å². The summed E-state index contributed by atoms with van der Waals surface area (Å²) in [4.78, 5) is 36.0. The molecule has 0 aliphatic rings. The number of carbonyl (C=O) groups is 3. The summed E-state index contributed by atoms with van der Waals surface area (Å²) < 4.78 is 1.02. The number of aromatic carboxylic acids is 1. The highest BCUT2D eigenvalue weighted by Gasteiger charge is 2.14. The van der Waals surface area contributed by atoms with Gasteiger partial charge in [-0.1, -0.05) is 12.1 Å². The van der Waals surface area contributed by atoms with Crippen LogP contribution in [0.5, 0.6) is 0 Å². The number of rotatable bonds is 5. The van der Waals surface area contributed by atoms with E-state index in [4.69, 9.17) is 5.11 Å². The third kappa shape index (κ3) is 4.74. The van der Waals surface area contributed by atoms with Gasteiger partial charge in [0.25, 0.3) is 11.8 Å². The third-order valence-electron chi connectivity index (χ3n) is 3.92. The van der Waals surface area contributed by atoms with Crippen LogP contribution < -0.4 is 10.6 Å². The van der Waals surface area contributed by atoms with Gasteiger partial charge in [0.1, 0.15) is 0 Å². The molecular weight excluding hydrogens is 471 g/mol. The number of para-hydroxylation sites is 1. The maximum Gasteiger partial charge on any atom is 0.335 e. The predicted molar refractivity (Wildman–Crippen MR) is 115 cm³/mol. The largest absolute Gasteiger partial charge is 0.478 e. The molecule has 3 aromatic rings. The quantitative estimate of drug-likeness (QED) is 0.463. The number of hydrogen-bond donors (Lipinski definition) is 3. The first kappa shape index (κ1) is 19.6. The first-order valence-corrected chi connectivity index (χ1v) is 9.32. The lowest BCUT2D eigenvalue weighted by atomic mass is 10.1. The number of halogens is 1. The van der Waals surface area contributed by atoms with Gasteiger partial charge in [-0.05, 0) is 83.3 Å². The van der Waals surface area contributed by atoms with Gasteiger partial charge in [-0.2, -0.15) is 0 Å². The molecule has 2 amide bonds. The molecule has 0 heterocycles. The van der Waals surface area contributed by atoms with Crippen LogP contribution in [0.1, 0.15) is 31.1 Å². The number of benzene rings is 3. The van der Waals surface area contributed by atoms with Crippen molar-refractivity contribution in [1.29, 1.82) is 0 Å². The fraction of sp³-hybridized carbons (Fsp3) is 0. The zero-order chi connectivity index (χ0) is 20.1. The predicted octanol–water partition coefficient (Wildman–Crippen LogP) is 4.49. The number of carboxylic acid groups (broad SMARTS) is 1. The van der Waals surface area contributed by atoms with E-state index >= 15 is 0 Å². The van der Waals surface area contributed by atoms with Gasteiger partial charge in [0.2, 0.25) is 0 Å². The molecule has 3 aromatic carbocycles. The second-order valence-corrected chi connectivity index (χ2v) is 7.09. The lowest BCUT2D eigenvalue weighted by molar-refractivity contribution is 0.0696. The first-order valence-electron chi connectivity index (χ1n) is 8.25. The summed E-state index contributed by atoms with van der Waals surface area (Å²) >= 11 is 2.16. The molecular formula is C21H15IN2O4. The molecule has 0 radical (unpaired) electrons. The van der Waals surface area contributed by atoms with E-state index < -0.39 is 11.9 Å². The summed E-state index contributed by atoms with van der Waals surface area (Å²) in [5.74, 6) is -1.77. The maximum absolute atomic E-state index is 12.6. The highest BCUT2D eigenvalue weighted by molar-refractivity contribution is 14.1. The summed E-state index contributed by atoms with van der Waals surface area (Å²) in [6.07, 6.45) is 0. The van der Waals surface area contributed by atoms with Crippen molar-refractivity contribution < 1.29 is 19.5 Å². The van der Waals surface area contributed by atoms with Gasteiger partial charge in [0.15, 0.2) is 0 Å². The molecule has 6 nitrogen and oxygen atoms in total.